The maximum atomic E-state index is 11.0. The zero-order valence-corrected chi connectivity index (χ0v) is 11.8. The highest BCUT2D eigenvalue weighted by molar-refractivity contribution is 7.99. The van der Waals surface area contributed by atoms with Crippen molar-refractivity contribution in [3.05, 3.63) is 47.8 Å². The molecule has 0 saturated heterocycles. The minimum Gasteiger partial charge on any atom is -0.492 e. The molecule has 0 unspecified atom stereocenters. The number of nitrogens with zero attached hydrogens (tertiary/aromatic N) is 2. The summed E-state index contributed by atoms with van der Waals surface area (Å²) in [4.78, 5) is 19.4. The van der Waals surface area contributed by atoms with E-state index in [2.05, 4.69) is 9.97 Å². The summed E-state index contributed by atoms with van der Waals surface area (Å²) in [6.45, 7) is 2.30. The molecule has 0 spiro atoms. The first-order valence-electron chi connectivity index (χ1n) is 6.04. The average molecular weight is 290 g/mol. The van der Waals surface area contributed by atoms with Gasteiger partial charge in [0.25, 0.3) is 0 Å². The van der Waals surface area contributed by atoms with Gasteiger partial charge in [0.05, 0.1) is 6.61 Å². The van der Waals surface area contributed by atoms with E-state index in [1.165, 1.54) is 17.8 Å². The third-order valence-electron chi connectivity index (χ3n) is 2.46. The molecule has 6 heteroatoms. The van der Waals surface area contributed by atoms with Crippen molar-refractivity contribution in [1.82, 2.24) is 9.97 Å². The number of carboxylic acids is 1. The smallest absolute Gasteiger partial charge is 0.339 e. The number of thioether (sulfide) groups is 1. The number of aromatic nitrogens is 2. The van der Waals surface area contributed by atoms with Gasteiger partial charge in [-0.15, -0.1) is 0 Å². The van der Waals surface area contributed by atoms with Crippen LogP contribution in [0.2, 0.25) is 0 Å². The van der Waals surface area contributed by atoms with E-state index in [1.807, 2.05) is 13.0 Å². The maximum Gasteiger partial charge on any atom is 0.339 e. The largest absolute Gasteiger partial charge is 0.492 e. The van der Waals surface area contributed by atoms with Crippen LogP contribution in [0.5, 0.6) is 5.75 Å². The summed E-state index contributed by atoms with van der Waals surface area (Å²) in [6, 6.07) is 8.43. The molecular formula is C14H14N2O3S. The monoisotopic (exact) mass is 290 g/mol. The Bertz CT molecular complexity index is 604. The Kier molecular flexibility index (Phi) is 4.95. The second-order valence-corrected chi connectivity index (χ2v) is 5.04. The Labute approximate surface area is 121 Å². The Morgan fingerprint density at radius 2 is 2.15 bits per heavy atom. The van der Waals surface area contributed by atoms with E-state index >= 15 is 0 Å². The van der Waals surface area contributed by atoms with Gasteiger partial charge in [0, 0.05) is 17.6 Å². The summed E-state index contributed by atoms with van der Waals surface area (Å²) in [5.41, 5.74) is 1.09. The molecule has 0 saturated carbocycles. The standard InChI is InChI=1S/C14H14N2O3S/c1-10-6-7-15-14(16-10)20-9-8-19-12-5-3-2-4-11(12)13(17)18/h2-7H,8-9H2,1H3,(H,17,18). The number of hydrogen-bond donors (Lipinski definition) is 1. The minimum absolute atomic E-state index is 0.171. The lowest BCUT2D eigenvalue weighted by molar-refractivity contribution is 0.0692. The van der Waals surface area contributed by atoms with Crippen molar-refractivity contribution in [2.24, 2.45) is 0 Å². The molecule has 2 rings (SSSR count). The van der Waals surface area contributed by atoms with Gasteiger partial charge in [0.1, 0.15) is 11.3 Å². The number of ether oxygens (including phenoxy) is 1. The fraction of sp³-hybridized carbons (Fsp3) is 0.214. The maximum absolute atomic E-state index is 11.0. The Balaban J connectivity index is 1.86. The molecule has 0 amide bonds. The van der Waals surface area contributed by atoms with Gasteiger partial charge in [-0.2, -0.15) is 0 Å². The molecule has 0 aliphatic heterocycles. The minimum atomic E-state index is -0.990. The summed E-state index contributed by atoms with van der Waals surface area (Å²) in [5, 5.41) is 9.72. The van der Waals surface area contributed by atoms with Gasteiger partial charge in [0.15, 0.2) is 5.16 Å². The average Bonchev–Trinajstić information content (AvgIpc) is 2.44. The number of para-hydroxylation sites is 1. The highest BCUT2D eigenvalue weighted by atomic mass is 32.2. The summed E-state index contributed by atoms with van der Waals surface area (Å²) < 4.78 is 5.49. The molecule has 1 aromatic carbocycles. The van der Waals surface area contributed by atoms with Crippen LogP contribution in [-0.4, -0.2) is 33.4 Å². The van der Waals surface area contributed by atoms with Crippen LogP contribution in [0.1, 0.15) is 16.1 Å². The lowest BCUT2D eigenvalue weighted by Gasteiger charge is -2.08. The summed E-state index contributed by atoms with van der Waals surface area (Å²) >= 11 is 1.47. The molecule has 20 heavy (non-hydrogen) atoms. The molecule has 0 bridgehead atoms. The number of hydrogen-bond acceptors (Lipinski definition) is 5. The summed E-state index contributed by atoms with van der Waals surface area (Å²) in [5.74, 6) is 0.0400. The highest BCUT2D eigenvalue weighted by Gasteiger charge is 2.09. The van der Waals surface area contributed by atoms with Crippen molar-refractivity contribution in [2.45, 2.75) is 12.1 Å². The Morgan fingerprint density at radius 3 is 2.90 bits per heavy atom. The molecule has 104 valence electrons. The van der Waals surface area contributed by atoms with Gasteiger partial charge in [-0.3, -0.25) is 0 Å². The zero-order valence-electron chi connectivity index (χ0n) is 10.9. The predicted molar refractivity (Wildman–Crippen MR) is 76.4 cm³/mol. The van der Waals surface area contributed by atoms with Gasteiger partial charge in [-0.05, 0) is 25.1 Å². The lowest BCUT2D eigenvalue weighted by atomic mass is 10.2. The van der Waals surface area contributed by atoms with Crippen LogP contribution in [0.15, 0.2) is 41.7 Å². The van der Waals surface area contributed by atoms with E-state index in [-0.39, 0.29) is 5.56 Å². The van der Waals surface area contributed by atoms with Crippen LogP contribution in [0.25, 0.3) is 0 Å². The van der Waals surface area contributed by atoms with Gasteiger partial charge in [0.2, 0.25) is 0 Å². The molecule has 0 fully saturated rings. The fourth-order valence-electron chi connectivity index (χ4n) is 1.55. The van der Waals surface area contributed by atoms with Crippen molar-refractivity contribution < 1.29 is 14.6 Å². The van der Waals surface area contributed by atoms with Gasteiger partial charge >= 0.3 is 5.97 Å². The van der Waals surface area contributed by atoms with Crippen molar-refractivity contribution in [1.29, 1.82) is 0 Å². The number of aromatic carboxylic acids is 1. The fourth-order valence-corrected chi connectivity index (χ4v) is 2.24. The van der Waals surface area contributed by atoms with Crippen LogP contribution in [-0.2, 0) is 0 Å². The predicted octanol–water partition coefficient (Wildman–Crippen LogP) is 2.65. The quantitative estimate of drug-likeness (QED) is 0.501. The second-order valence-electron chi connectivity index (χ2n) is 3.98. The zero-order chi connectivity index (χ0) is 14.4. The molecule has 5 nitrogen and oxygen atoms in total. The molecule has 1 aromatic heterocycles. The van der Waals surface area contributed by atoms with E-state index in [1.54, 1.807) is 24.4 Å². The normalized spacial score (nSPS) is 10.2. The van der Waals surface area contributed by atoms with E-state index in [0.717, 1.165) is 5.69 Å². The van der Waals surface area contributed by atoms with Crippen molar-refractivity contribution in [3.8, 4) is 5.75 Å². The first-order valence-corrected chi connectivity index (χ1v) is 7.03. The highest BCUT2D eigenvalue weighted by Crippen LogP contribution is 2.19. The third-order valence-corrected chi connectivity index (χ3v) is 3.29. The van der Waals surface area contributed by atoms with Gasteiger partial charge in [-0.1, -0.05) is 23.9 Å². The van der Waals surface area contributed by atoms with Crippen LogP contribution < -0.4 is 4.74 Å². The van der Waals surface area contributed by atoms with E-state index in [4.69, 9.17) is 9.84 Å². The first kappa shape index (κ1) is 14.3. The SMILES string of the molecule is Cc1ccnc(SCCOc2ccccc2C(=O)O)n1. The number of benzene rings is 1. The molecule has 0 atom stereocenters. The summed E-state index contributed by atoms with van der Waals surface area (Å²) in [6.07, 6.45) is 1.71. The topological polar surface area (TPSA) is 72.3 Å². The number of carbonyl (C=O) groups is 1. The molecule has 0 aliphatic carbocycles. The first-order chi connectivity index (χ1) is 9.66. The molecule has 0 aliphatic rings. The number of aryl methyl sites for hydroxylation is 1. The lowest BCUT2D eigenvalue weighted by Crippen LogP contribution is -2.06. The molecule has 2 aromatic rings. The van der Waals surface area contributed by atoms with Crippen molar-refractivity contribution in [2.75, 3.05) is 12.4 Å². The van der Waals surface area contributed by atoms with Crippen LogP contribution in [0.3, 0.4) is 0 Å². The van der Waals surface area contributed by atoms with Crippen LogP contribution in [0.4, 0.5) is 0 Å². The van der Waals surface area contributed by atoms with E-state index < -0.39 is 5.97 Å². The van der Waals surface area contributed by atoms with E-state index in [9.17, 15) is 4.79 Å². The van der Waals surface area contributed by atoms with Gasteiger partial charge < -0.3 is 9.84 Å². The van der Waals surface area contributed by atoms with E-state index in [0.29, 0.717) is 23.3 Å². The summed E-state index contributed by atoms with van der Waals surface area (Å²) in [7, 11) is 0. The second kappa shape index (κ2) is 6.91. The van der Waals surface area contributed by atoms with Crippen LogP contribution in [0, 0.1) is 6.92 Å². The molecular weight excluding hydrogens is 276 g/mol. The van der Waals surface area contributed by atoms with Crippen LogP contribution >= 0.6 is 11.8 Å². The molecule has 0 radical (unpaired) electrons. The molecule has 1 heterocycles. The number of rotatable bonds is 6. The molecule has 1 N–H and O–H groups in total. The Morgan fingerprint density at radius 1 is 1.35 bits per heavy atom. The third kappa shape index (κ3) is 3.96. The van der Waals surface area contributed by atoms with Crippen molar-refractivity contribution >= 4 is 17.7 Å². The Hall–Kier alpha value is -2.08. The van der Waals surface area contributed by atoms with Gasteiger partial charge in [-0.25, -0.2) is 14.8 Å². The number of carboxylic acid groups (broad SMARTS) is 1. The van der Waals surface area contributed by atoms with Crippen molar-refractivity contribution in [3.63, 3.8) is 0 Å².